The molecule has 0 aromatic heterocycles. The number of carbonyl (C=O) groups excluding carboxylic acids is 1. The largest absolute Gasteiger partial charge is 0.481 e. The highest BCUT2D eigenvalue weighted by atomic mass is 16.4. The Hall–Kier alpha value is -1.06. The molecule has 2 fully saturated rings. The first-order valence-corrected chi connectivity index (χ1v) is 7.34. The Morgan fingerprint density at radius 3 is 2.37 bits per heavy atom. The van der Waals surface area contributed by atoms with E-state index in [1.165, 1.54) is 0 Å². The van der Waals surface area contributed by atoms with Crippen molar-refractivity contribution in [3.05, 3.63) is 0 Å². The van der Waals surface area contributed by atoms with E-state index in [0.717, 1.165) is 19.3 Å². The number of carbonyl (C=O) groups is 2. The van der Waals surface area contributed by atoms with Gasteiger partial charge in [-0.2, -0.15) is 0 Å². The van der Waals surface area contributed by atoms with Crippen LogP contribution in [0.1, 0.15) is 52.9 Å². The molecule has 4 atom stereocenters. The van der Waals surface area contributed by atoms with E-state index in [1.807, 2.05) is 6.92 Å². The van der Waals surface area contributed by atoms with Crippen LogP contribution >= 0.6 is 0 Å². The molecule has 2 saturated carbocycles. The zero-order valence-electron chi connectivity index (χ0n) is 12.1. The summed E-state index contributed by atoms with van der Waals surface area (Å²) in [5.41, 5.74) is 0.138. The number of amides is 1. The predicted octanol–water partition coefficient (Wildman–Crippen LogP) is 2.43. The predicted molar refractivity (Wildman–Crippen MR) is 72.6 cm³/mol. The van der Waals surface area contributed by atoms with Gasteiger partial charge in [-0.15, -0.1) is 0 Å². The molecule has 19 heavy (non-hydrogen) atoms. The quantitative estimate of drug-likeness (QED) is 0.825. The van der Waals surface area contributed by atoms with Crippen LogP contribution in [0.5, 0.6) is 0 Å². The molecule has 0 aromatic rings. The van der Waals surface area contributed by atoms with Crippen molar-refractivity contribution in [2.75, 3.05) is 0 Å². The van der Waals surface area contributed by atoms with Gasteiger partial charge in [0.25, 0.3) is 0 Å². The van der Waals surface area contributed by atoms with Crippen LogP contribution in [0.3, 0.4) is 0 Å². The van der Waals surface area contributed by atoms with Gasteiger partial charge in [0, 0.05) is 6.04 Å². The number of rotatable bonds is 3. The van der Waals surface area contributed by atoms with E-state index in [4.69, 9.17) is 0 Å². The molecule has 4 heteroatoms. The fourth-order valence-electron chi connectivity index (χ4n) is 3.73. The van der Waals surface area contributed by atoms with Crippen LogP contribution in [-0.2, 0) is 9.59 Å². The van der Waals surface area contributed by atoms with Crippen LogP contribution in [0.15, 0.2) is 0 Å². The van der Waals surface area contributed by atoms with Crippen molar-refractivity contribution in [2.45, 2.75) is 58.9 Å². The molecule has 1 amide bonds. The molecule has 4 nitrogen and oxygen atoms in total. The van der Waals surface area contributed by atoms with Crippen molar-refractivity contribution in [1.82, 2.24) is 5.32 Å². The van der Waals surface area contributed by atoms with E-state index in [0.29, 0.717) is 18.8 Å². The van der Waals surface area contributed by atoms with Crippen molar-refractivity contribution in [2.24, 2.45) is 23.2 Å². The van der Waals surface area contributed by atoms with Crippen molar-refractivity contribution in [1.29, 1.82) is 0 Å². The highest BCUT2D eigenvalue weighted by Gasteiger charge is 2.43. The van der Waals surface area contributed by atoms with Crippen molar-refractivity contribution in [3.63, 3.8) is 0 Å². The molecule has 0 bridgehead atoms. The Labute approximate surface area is 115 Å². The van der Waals surface area contributed by atoms with Gasteiger partial charge in [0.05, 0.1) is 11.8 Å². The van der Waals surface area contributed by atoms with E-state index in [9.17, 15) is 14.7 Å². The molecular formula is C15H25NO3. The summed E-state index contributed by atoms with van der Waals surface area (Å²) in [6, 6.07) is 0.199. The normalized spacial score (nSPS) is 37.2. The van der Waals surface area contributed by atoms with Crippen LogP contribution in [0.2, 0.25) is 0 Å². The number of hydrogen-bond acceptors (Lipinski definition) is 2. The molecule has 108 valence electrons. The lowest BCUT2D eigenvalue weighted by Crippen LogP contribution is -2.45. The zero-order valence-corrected chi connectivity index (χ0v) is 12.1. The van der Waals surface area contributed by atoms with E-state index in [2.05, 4.69) is 19.2 Å². The molecule has 0 heterocycles. The van der Waals surface area contributed by atoms with Gasteiger partial charge in [0.1, 0.15) is 0 Å². The summed E-state index contributed by atoms with van der Waals surface area (Å²) in [5, 5.41) is 12.3. The SMILES string of the molecule is CC1CC(C(=O)O)C(C(=O)NC2CCCC2(C)C)C1. The lowest BCUT2D eigenvalue weighted by molar-refractivity contribution is -0.146. The van der Waals surface area contributed by atoms with Crippen LogP contribution in [0.4, 0.5) is 0 Å². The summed E-state index contributed by atoms with van der Waals surface area (Å²) in [6.07, 6.45) is 4.61. The van der Waals surface area contributed by atoms with Crippen molar-refractivity contribution < 1.29 is 14.7 Å². The number of hydrogen-bond donors (Lipinski definition) is 2. The summed E-state index contributed by atoms with van der Waals surface area (Å²) in [4.78, 5) is 23.6. The van der Waals surface area contributed by atoms with E-state index >= 15 is 0 Å². The highest BCUT2D eigenvalue weighted by Crippen LogP contribution is 2.40. The molecular weight excluding hydrogens is 242 g/mol. The molecule has 2 aliphatic carbocycles. The number of carboxylic acid groups (broad SMARTS) is 1. The van der Waals surface area contributed by atoms with Gasteiger partial charge in [0.15, 0.2) is 0 Å². The monoisotopic (exact) mass is 267 g/mol. The van der Waals surface area contributed by atoms with Crippen LogP contribution < -0.4 is 5.32 Å². The minimum absolute atomic E-state index is 0.0447. The third-order valence-electron chi connectivity index (χ3n) is 5.03. The summed E-state index contributed by atoms with van der Waals surface area (Å²) < 4.78 is 0. The van der Waals surface area contributed by atoms with Gasteiger partial charge < -0.3 is 10.4 Å². The molecule has 0 spiro atoms. The minimum Gasteiger partial charge on any atom is -0.481 e. The molecule has 2 aliphatic rings. The number of aliphatic carboxylic acids is 1. The smallest absolute Gasteiger partial charge is 0.307 e. The summed E-state index contributed by atoms with van der Waals surface area (Å²) in [5.74, 6) is -1.39. The van der Waals surface area contributed by atoms with E-state index < -0.39 is 11.9 Å². The standard InChI is InChI=1S/C15H25NO3/c1-9-7-10(11(8-9)14(18)19)13(17)16-12-5-4-6-15(12,2)3/h9-12H,4-8H2,1-3H3,(H,16,17)(H,18,19). The zero-order chi connectivity index (χ0) is 14.2. The fourth-order valence-corrected chi connectivity index (χ4v) is 3.73. The first kappa shape index (κ1) is 14.4. The average molecular weight is 267 g/mol. The summed E-state index contributed by atoms with van der Waals surface area (Å²) in [6.45, 7) is 6.39. The fraction of sp³-hybridized carbons (Fsp3) is 0.867. The Bertz CT molecular complexity index is 378. The second-order valence-corrected chi connectivity index (χ2v) is 7.07. The molecule has 2 N–H and O–H groups in total. The van der Waals surface area contributed by atoms with Gasteiger partial charge in [-0.3, -0.25) is 9.59 Å². The number of carboxylic acids is 1. The summed E-state index contributed by atoms with van der Waals surface area (Å²) >= 11 is 0. The van der Waals surface area contributed by atoms with Crippen LogP contribution in [-0.4, -0.2) is 23.0 Å². The van der Waals surface area contributed by atoms with Crippen LogP contribution in [0, 0.1) is 23.2 Å². The maximum absolute atomic E-state index is 12.4. The van der Waals surface area contributed by atoms with Gasteiger partial charge in [-0.05, 0) is 37.0 Å². The Balaban J connectivity index is 2.01. The lowest BCUT2D eigenvalue weighted by atomic mass is 9.86. The Morgan fingerprint density at radius 2 is 1.84 bits per heavy atom. The highest BCUT2D eigenvalue weighted by molar-refractivity contribution is 5.85. The maximum atomic E-state index is 12.4. The minimum atomic E-state index is -0.824. The first-order valence-electron chi connectivity index (χ1n) is 7.34. The average Bonchev–Trinajstić information content (AvgIpc) is 2.83. The van der Waals surface area contributed by atoms with Crippen molar-refractivity contribution >= 4 is 11.9 Å². The molecule has 2 rings (SSSR count). The third kappa shape index (κ3) is 2.93. The Morgan fingerprint density at radius 1 is 1.21 bits per heavy atom. The van der Waals surface area contributed by atoms with E-state index in [1.54, 1.807) is 0 Å². The topological polar surface area (TPSA) is 66.4 Å². The van der Waals surface area contributed by atoms with E-state index in [-0.39, 0.29) is 23.3 Å². The molecule has 0 aliphatic heterocycles. The van der Waals surface area contributed by atoms with Crippen molar-refractivity contribution in [3.8, 4) is 0 Å². The van der Waals surface area contributed by atoms with Gasteiger partial charge in [-0.1, -0.05) is 27.2 Å². The molecule has 0 saturated heterocycles. The molecule has 0 aromatic carbocycles. The maximum Gasteiger partial charge on any atom is 0.307 e. The second kappa shape index (κ2) is 5.14. The Kier molecular flexibility index (Phi) is 3.88. The molecule has 4 unspecified atom stereocenters. The molecule has 0 radical (unpaired) electrons. The lowest BCUT2D eigenvalue weighted by Gasteiger charge is -2.29. The van der Waals surface area contributed by atoms with Gasteiger partial charge in [-0.25, -0.2) is 0 Å². The summed E-state index contributed by atoms with van der Waals surface area (Å²) in [7, 11) is 0. The van der Waals surface area contributed by atoms with Gasteiger partial charge >= 0.3 is 5.97 Å². The van der Waals surface area contributed by atoms with Crippen LogP contribution in [0.25, 0.3) is 0 Å². The van der Waals surface area contributed by atoms with Gasteiger partial charge in [0.2, 0.25) is 5.91 Å². The first-order chi connectivity index (χ1) is 8.81. The second-order valence-electron chi connectivity index (χ2n) is 7.07. The third-order valence-corrected chi connectivity index (χ3v) is 5.03. The number of nitrogens with one attached hydrogen (secondary N) is 1.